The van der Waals surface area contributed by atoms with Gasteiger partial charge in [-0.25, -0.2) is 22.0 Å². The molecule has 0 saturated heterocycles. The molecule has 27 heavy (non-hydrogen) atoms. The number of hydrogen-bond acceptors (Lipinski definition) is 4. The Balaban J connectivity index is 1.67. The van der Waals surface area contributed by atoms with E-state index in [9.17, 15) is 31.5 Å². The summed E-state index contributed by atoms with van der Waals surface area (Å²) >= 11 is 0. The standard InChI is InChI=1S/C16H10F5N3O3/c17-10-11(18)13(20)15(14(21)12(10)19)24-23-9(25)5-8-16(26)22-6-3-1-2-4-7(6)27-8/h1-4,8,24H,5H2,(H,22,26)(H,23,25)/t8-/m0/s1. The van der Waals surface area contributed by atoms with Crippen molar-refractivity contribution in [3.63, 3.8) is 0 Å². The Labute approximate surface area is 148 Å². The first-order chi connectivity index (χ1) is 12.8. The third kappa shape index (κ3) is 3.48. The predicted octanol–water partition coefficient (Wildman–Crippen LogP) is 2.61. The summed E-state index contributed by atoms with van der Waals surface area (Å²) in [5.41, 5.74) is 2.36. The number of nitrogens with one attached hydrogen (secondary N) is 3. The zero-order valence-corrected chi connectivity index (χ0v) is 13.2. The van der Waals surface area contributed by atoms with Crippen LogP contribution in [0.5, 0.6) is 5.75 Å². The molecule has 0 spiro atoms. The predicted molar refractivity (Wildman–Crippen MR) is 82.1 cm³/mol. The quantitative estimate of drug-likeness (QED) is 0.326. The van der Waals surface area contributed by atoms with Crippen molar-refractivity contribution in [3.05, 3.63) is 53.4 Å². The monoisotopic (exact) mass is 387 g/mol. The minimum Gasteiger partial charge on any atom is -0.478 e. The van der Waals surface area contributed by atoms with Crippen LogP contribution in [0.15, 0.2) is 24.3 Å². The highest BCUT2D eigenvalue weighted by molar-refractivity contribution is 6.00. The molecular weight excluding hydrogens is 377 g/mol. The summed E-state index contributed by atoms with van der Waals surface area (Å²) in [6, 6.07) is 6.42. The number of halogens is 5. The number of hydrazine groups is 1. The van der Waals surface area contributed by atoms with Gasteiger partial charge in [-0.3, -0.25) is 20.4 Å². The van der Waals surface area contributed by atoms with E-state index in [1.807, 2.05) is 0 Å². The van der Waals surface area contributed by atoms with Crippen LogP contribution in [0.25, 0.3) is 0 Å². The highest BCUT2D eigenvalue weighted by atomic mass is 19.2. The van der Waals surface area contributed by atoms with Crippen LogP contribution in [-0.4, -0.2) is 17.9 Å². The van der Waals surface area contributed by atoms with E-state index in [4.69, 9.17) is 4.74 Å². The van der Waals surface area contributed by atoms with Crippen molar-refractivity contribution in [2.45, 2.75) is 12.5 Å². The molecule has 1 aliphatic heterocycles. The molecule has 1 heterocycles. The molecule has 3 N–H and O–H groups in total. The van der Waals surface area contributed by atoms with Crippen LogP contribution in [0.1, 0.15) is 6.42 Å². The molecule has 6 nitrogen and oxygen atoms in total. The molecule has 0 aliphatic carbocycles. The molecular formula is C16H10F5N3O3. The molecule has 2 aromatic carbocycles. The number of hydrogen-bond donors (Lipinski definition) is 3. The highest BCUT2D eigenvalue weighted by Gasteiger charge is 2.30. The Bertz CT molecular complexity index is 909. The van der Waals surface area contributed by atoms with Crippen molar-refractivity contribution in [2.75, 3.05) is 10.7 Å². The lowest BCUT2D eigenvalue weighted by Crippen LogP contribution is -2.42. The topological polar surface area (TPSA) is 79.5 Å². The maximum absolute atomic E-state index is 13.5. The second kappa shape index (κ2) is 7.09. The minimum absolute atomic E-state index is 0.308. The van der Waals surface area contributed by atoms with Crippen LogP contribution in [0.4, 0.5) is 33.3 Å². The van der Waals surface area contributed by atoms with E-state index >= 15 is 0 Å². The molecule has 0 radical (unpaired) electrons. The lowest BCUT2D eigenvalue weighted by molar-refractivity contribution is -0.130. The molecule has 2 aromatic rings. The highest BCUT2D eigenvalue weighted by Crippen LogP contribution is 2.30. The van der Waals surface area contributed by atoms with Gasteiger partial charge in [-0.1, -0.05) is 12.1 Å². The molecule has 11 heteroatoms. The average molecular weight is 387 g/mol. The van der Waals surface area contributed by atoms with Crippen LogP contribution in [-0.2, 0) is 9.59 Å². The summed E-state index contributed by atoms with van der Waals surface area (Å²) in [4.78, 5) is 23.8. The lowest BCUT2D eigenvalue weighted by atomic mass is 10.1. The number of para-hydroxylation sites is 2. The molecule has 0 fully saturated rings. The van der Waals surface area contributed by atoms with Gasteiger partial charge in [-0.15, -0.1) is 0 Å². The van der Waals surface area contributed by atoms with E-state index in [2.05, 4.69) is 5.32 Å². The van der Waals surface area contributed by atoms with Crippen LogP contribution in [0, 0.1) is 29.1 Å². The zero-order valence-electron chi connectivity index (χ0n) is 13.2. The molecule has 0 aromatic heterocycles. The summed E-state index contributed by atoms with van der Waals surface area (Å²) in [6.45, 7) is 0. The van der Waals surface area contributed by atoms with E-state index in [0.29, 0.717) is 11.4 Å². The van der Waals surface area contributed by atoms with Gasteiger partial charge in [0.05, 0.1) is 12.1 Å². The fourth-order valence-electron chi connectivity index (χ4n) is 2.29. The van der Waals surface area contributed by atoms with Crippen molar-refractivity contribution in [3.8, 4) is 5.75 Å². The molecule has 1 aliphatic rings. The molecule has 1 atom stereocenters. The second-order valence-electron chi connectivity index (χ2n) is 5.41. The van der Waals surface area contributed by atoms with Gasteiger partial charge in [0, 0.05) is 0 Å². The van der Waals surface area contributed by atoms with Crippen molar-refractivity contribution in [1.29, 1.82) is 0 Å². The van der Waals surface area contributed by atoms with Gasteiger partial charge >= 0.3 is 0 Å². The normalized spacial score (nSPS) is 15.4. The smallest absolute Gasteiger partial charge is 0.266 e. The van der Waals surface area contributed by atoms with E-state index in [1.165, 1.54) is 0 Å². The number of carbonyl (C=O) groups excluding carboxylic acids is 2. The Morgan fingerprint density at radius 2 is 1.59 bits per heavy atom. The fourth-order valence-corrected chi connectivity index (χ4v) is 2.29. The number of amides is 2. The van der Waals surface area contributed by atoms with Crippen LogP contribution < -0.4 is 20.9 Å². The van der Waals surface area contributed by atoms with Crippen LogP contribution in [0.2, 0.25) is 0 Å². The van der Waals surface area contributed by atoms with Gasteiger partial charge in [0.2, 0.25) is 11.7 Å². The van der Waals surface area contributed by atoms with Crippen LogP contribution in [0.3, 0.4) is 0 Å². The van der Waals surface area contributed by atoms with Gasteiger partial charge < -0.3 is 10.1 Å². The third-order valence-corrected chi connectivity index (χ3v) is 3.61. The molecule has 142 valence electrons. The summed E-state index contributed by atoms with van der Waals surface area (Å²) in [7, 11) is 0. The number of carbonyl (C=O) groups is 2. The first kappa shape index (κ1) is 18.4. The minimum atomic E-state index is -2.33. The third-order valence-electron chi connectivity index (χ3n) is 3.61. The van der Waals surface area contributed by atoms with E-state index in [0.717, 1.165) is 0 Å². The molecule has 2 amide bonds. The summed E-state index contributed by atoms with van der Waals surface area (Å²) in [6.07, 6.45) is -1.83. The van der Waals surface area contributed by atoms with E-state index in [1.54, 1.807) is 35.1 Å². The van der Waals surface area contributed by atoms with Gasteiger partial charge in [-0.05, 0) is 12.1 Å². The molecule has 3 rings (SSSR count). The Morgan fingerprint density at radius 3 is 2.26 bits per heavy atom. The Kier molecular flexibility index (Phi) is 4.84. The van der Waals surface area contributed by atoms with Crippen molar-refractivity contribution in [2.24, 2.45) is 0 Å². The largest absolute Gasteiger partial charge is 0.478 e. The zero-order chi connectivity index (χ0) is 19.7. The summed E-state index contributed by atoms with van der Waals surface area (Å²) < 4.78 is 71.6. The van der Waals surface area contributed by atoms with Crippen molar-refractivity contribution in [1.82, 2.24) is 5.43 Å². The second-order valence-corrected chi connectivity index (χ2v) is 5.41. The van der Waals surface area contributed by atoms with E-state index < -0.39 is 59.1 Å². The SMILES string of the molecule is O=C(C[C@@H]1Oc2ccccc2NC1=O)NNc1c(F)c(F)c(F)c(F)c1F. The summed E-state index contributed by atoms with van der Waals surface area (Å²) in [5.74, 6) is -12.3. The fraction of sp³-hybridized carbons (Fsp3) is 0.125. The van der Waals surface area contributed by atoms with Crippen molar-refractivity contribution >= 4 is 23.2 Å². The van der Waals surface area contributed by atoms with Gasteiger partial charge in [0.25, 0.3) is 5.91 Å². The Hall–Kier alpha value is -3.37. The number of rotatable bonds is 4. The van der Waals surface area contributed by atoms with Gasteiger partial charge in [0.1, 0.15) is 11.4 Å². The van der Waals surface area contributed by atoms with Gasteiger partial charge in [0.15, 0.2) is 29.4 Å². The van der Waals surface area contributed by atoms with Gasteiger partial charge in [-0.2, -0.15) is 0 Å². The number of fused-ring (bicyclic) bond motifs is 1. The number of benzene rings is 2. The Morgan fingerprint density at radius 1 is 1.00 bits per heavy atom. The molecule has 0 bridgehead atoms. The van der Waals surface area contributed by atoms with Crippen molar-refractivity contribution < 1.29 is 36.3 Å². The first-order valence-electron chi connectivity index (χ1n) is 7.42. The lowest BCUT2D eigenvalue weighted by Gasteiger charge is -2.25. The number of anilines is 2. The molecule has 0 saturated carbocycles. The maximum atomic E-state index is 13.5. The first-order valence-corrected chi connectivity index (χ1v) is 7.42. The molecule has 0 unspecified atom stereocenters. The average Bonchev–Trinajstić information content (AvgIpc) is 2.65. The van der Waals surface area contributed by atoms with Crippen LogP contribution >= 0.6 is 0 Å². The summed E-state index contributed by atoms with van der Waals surface area (Å²) in [5, 5.41) is 2.50. The van der Waals surface area contributed by atoms with E-state index in [-0.39, 0.29) is 0 Å². The maximum Gasteiger partial charge on any atom is 0.266 e. The number of ether oxygens (including phenoxy) is 1.